The minimum atomic E-state index is -4.85. The van der Waals surface area contributed by atoms with Crippen molar-refractivity contribution in [3.8, 4) is 28.6 Å². The molecule has 12 heteroatoms. The molecule has 0 spiro atoms. The highest BCUT2D eigenvalue weighted by Gasteiger charge is 2.32. The lowest BCUT2D eigenvalue weighted by molar-refractivity contribution is -0.274. The Hall–Kier alpha value is -3.41. The van der Waals surface area contributed by atoms with Gasteiger partial charge in [0.25, 0.3) is 5.89 Å². The van der Waals surface area contributed by atoms with E-state index in [0.29, 0.717) is 29.2 Å². The number of benzene rings is 2. The first-order valence-electron chi connectivity index (χ1n) is 9.45. The Morgan fingerprint density at radius 3 is 2.52 bits per heavy atom. The first-order chi connectivity index (χ1) is 15.7. The predicted molar refractivity (Wildman–Crippen MR) is 110 cm³/mol. The third kappa shape index (κ3) is 5.51. The van der Waals surface area contributed by atoms with Crippen LogP contribution >= 0.6 is 11.6 Å². The van der Waals surface area contributed by atoms with E-state index in [1.807, 2.05) is 12.1 Å². The molecule has 0 aliphatic carbocycles. The smallest absolute Gasteiger partial charge is 0.404 e. The minimum absolute atomic E-state index is 0.0929. The Labute approximate surface area is 190 Å². The molecule has 2 aromatic carbocycles. The number of aliphatic hydroxyl groups excluding tert-OH is 1. The lowest BCUT2D eigenvalue weighted by Crippen LogP contribution is -2.17. The standard InChI is InChI=1S/C21H16ClF3N4O4/c1-31-20(30)16-8-9-29(27-16)11-12-2-4-13(5-3-12)18-26-19(33-28-18)14-6-7-17(15(22)10-14)32-21(23,24)25/h2-10,20,30H,11H2,1H3. The van der Waals surface area contributed by atoms with E-state index in [-0.39, 0.29) is 10.9 Å². The summed E-state index contributed by atoms with van der Waals surface area (Å²) in [6.45, 7) is 0.471. The van der Waals surface area contributed by atoms with Crippen LogP contribution in [0.3, 0.4) is 0 Å². The van der Waals surface area contributed by atoms with E-state index in [0.717, 1.165) is 11.6 Å². The lowest BCUT2D eigenvalue weighted by Gasteiger charge is -2.10. The molecule has 2 aromatic heterocycles. The second-order valence-electron chi connectivity index (χ2n) is 6.84. The van der Waals surface area contributed by atoms with E-state index in [4.69, 9.17) is 20.9 Å². The van der Waals surface area contributed by atoms with Gasteiger partial charge in [0.2, 0.25) is 5.82 Å². The summed E-state index contributed by atoms with van der Waals surface area (Å²) in [7, 11) is 1.39. The Balaban J connectivity index is 1.46. The molecule has 1 unspecified atom stereocenters. The van der Waals surface area contributed by atoms with Crippen molar-refractivity contribution in [3.05, 3.63) is 71.0 Å². The SMILES string of the molecule is COC(O)c1ccn(Cc2ccc(-c3noc(-c4ccc(OC(F)(F)F)c(Cl)c4)n3)cc2)n1. The van der Waals surface area contributed by atoms with Crippen LogP contribution in [-0.4, -0.2) is 38.5 Å². The summed E-state index contributed by atoms with van der Waals surface area (Å²) in [5, 5.41) is 17.6. The Morgan fingerprint density at radius 2 is 1.85 bits per heavy atom. The van der Waals surface area contributed by atoms with Crippen LogP contribution in [0.5, 0.6) is 5.75 Å². The zero-order valence-electron chi connectivity index (χ0n) is 17.0. The van der Waals surface area contributed by atoms with Crippen molar-refractivity contribution in [2.75, 3.05) is 7.11 Å². The topological polar surface area (TPSA) is 95.4 Å². The third-order valence-corrected chi connectivity index (χ3v) is 4.82. The van der Waals surface area contributed by atoms with Crippen molar-refractivity contribution in [2.45, 2.75) is 19.2 Å². The Bertz CT molecular complexity index is 1240. The second-order valence-corrected chi connectivity index (χ2v) is 7.25. The van der Waals surface area contributed by atoms with Crippen LogP contribution in [0.25, 0.3) is 22.8 Å². The first kappa shape index (κ1) is 22.8. The fraction of sp³-hybridized carbons (Fsp3) is 0.190. The number of hydrogen-bond donors (Lipinski definition) is 1. The number of methoxy groups -OCH3 is 1. The maximum Gasteiger partial charge on any atom is 0.573 e. The van der Waals surface area contributed by atoms with Gasteiger partial charge in [0, 0.05) is 24.4 Å². The second kappa shape index (κ2) is 9.22. The van der Waals surface area contributed by atoms with Crippen LogP contribution in [0.2, 0.25) is 5.02 Å². The summed E-state index contributed by atoms with van der Waals surface area (Å²) in [6, 6.07) is 12.7. The predicted octanol–water partition coefficient (Wildman–Crippen LogP) is 4.84. The van der Waals surface area contributed by atoms with E-state index in [1.54, 1.807) is 29.1 Å². The van der Waals surface area contributed by atoms with Gasteiger partial charge in [0.05, 0.1) is 11.6 Å². The van der Waals surface area contributed by atoms with Crippen LogP contribution < -0.4 is 4.74 Å². The molecule has 0 saturated heterocycles. The highest BCUT2D eigenvalue weighted by Crippen LogP contribution is 2.33. The van der Waals surface area contributed by atoms with Gasteiger partial charge in [-0.2, -0.15) is 10.1 Å². The molecule has 0 radical (unpaired) electrons. The lowest BCUT2D eigenvalue weighted by atomic mass is 10.1. The quantitative estimate of drug-likeness (QED) is 0.378. The molecule has 0 bridgehead atoms. The molecule has 0 amide bonds. The van der Waals surface area contributed by atoms with Gasteiger partial charge in [-0.1, -0.05) is 41.0 Å². The number of aromatic nitrogens is 4. The summed E-state index contributed by atoms with van der Waals surface area (Å²) in [4.78, 5) is 4.28. The summed E-state index contributed by atoms with van der Waals surface area (Å²) in [5.74, 6) is -0.132. The van der Waals surface area contributed by atoms with E-state index in [9.17, 15) is 18.3 Å². The van der Waals surface area contributed by atoms with E-state index < -0.39 is 18.4 Å². The van der Waals surface area contributed by atoms with Crippen molar-refractivity contribution < 1.29 is 32.3 Å². The molecular weight excluding hydrogens is 465 g/mol. The molecular formula is C21H16ClF3N4O4. The van der Waals surface area contributed by atoms with Crippen molar-refractivity contribution >= 4 is 11.6 Å². The van der Waals surface area contributed by atoms with Crippen molar-refractivity contribution in [1.82, 2.24) is 19.9 Å². The molecule has 2 heterocycles. The largest absolute Gasteiger partial charge is 0.573 e. The summed E-state index contributed by atoms with van der Waals surface area (Å²) < 4.78 is 52.7. The van der Waals surface area contributed by atoms with E-state index in [1.165, 1.54) is 19.2 Å². The molecule has 4 aromatic rings. The maximum absolute atomic E-state index is 12.4. The highest BCUT2D eigenvalue weighted by atomic mass is 35.5. The van der Waals surface area contributed by atoms with Gasteiger partial charge in [0.15, 0.2) is 6.29 Å². The fourth-order valence-corrected chi connectivity index (χ4v) is 3.18. The van der Waals surface area contributed by atoms with Crippen LogP contribution in [0.1, 0.15) is 17.5 Å². The van der Waals surface area contributed by atoms with Gasteiger partial charge in [-0.15, -0.1) is 13.2 Å². The Morgan fingerprint density at radius 1 is 1.12 bits per heavy atom. The summed E-state index contributed by atoms with van der Waals surface area (Å²) in [5.41, 5.74) is 2.37. The van der Waals surface area contributed by atoms with Crippen LogP contribution in [-0.2, 0) is 11.3 Å². The first-order valence-corrected chi connectivity index (χ1v) is 9.82. The minimum Gasteiger partial charge on any atom is -0.404 e. The summed E-state index contributed by atoms with van der Waals surface area (Å²) >= 11 is 5.88. The van der Waals surface area contributed by atoms with Gasteiger partial charge in [-0.3, -0.25) is 4.68 Å². The van der Waals surface area contributed by atoms with Gasteiger partial charge >= 0.3 is 6.36 Å². The van der Waals surface area contributed by atoms with Crippen molar-refractivity contribution in [3.63, 3.8) is 0 Å². The number of nitrogens with zero attached hydrogens (tertiary/aromatic N) is 4. The molecule has 1 N–H and O–H groups in total. The van der Waals surface area contributed by atoms with Crippen LogP contribution in [0.4, 0.5) is 13.2 Å². The van der Waals surface area contributed by atoms with Gasteiger partial charge in [-0.25, -0.2) is 0 Å². The van der Waals surface area contributed by atoms with Gasteiger partial charge in [0.1, 0.15) is 11.4 Å². The number of aliphatic hydroxyl groups is 1. The number of hydrogen-bond acceptors (Lipinski definition) is 7. The molecule has 0 saturated carbocycles. The zero-order chi connectivity index (χ0) is 23.6. The van der Waals surface area contributed by atoms with Gasteiger partial charge < -0.3 is 19.1 Å². The molecule has 0 fully saturated rings. The van der Waals surface area contributed by atoms with Crippen molar-refractivity contribution in [2.24, 2.45) is 0 Å². The maximum atomic E-state index is 12.4. The van der Waals surface area contributed by atoms with Crippen molar-refractivity contribution in [1.29, 1.82) is 0 Å². The molecule has 1 atom stereocenters. The van der Waals surface area contributed by atoms with Crippen LogP contribution in [0, 0.1) is 0 Å². The summed E-state index contributed by atoms with van der Waals surface area (Å²) in [6.07, 6.45) is -4.20. The number of ether oxygens (including phenoxy) is 2. The number of alkyl halides is 3. The molecule has 33 heavy (non-hydrogen) atoms. The Kier molecular flexibility index (Phi) is 6.36. The molecule has 8 nitrogen and oxygen atoms in total. The average molecular weight is 481 g/mol. The normalized spacial score (nSPS) is 12.7. The average Bonchev–Trinajstić information content (AvgIpc) is 3.44. The molecule has 0 aliphatic rings. The molecule has 0 aliphatic heterocycles. The number of halogens is 4. The fourth-order valence-electron chi connectivity index (χ4n) is 2.96. The van der Waals surface area contributed by atoms with Crippen LogP contribution in [0.15, 0.2) is 59.3 Å². The third-order valence-electron chi connectivity index (χ3n) is 4.52. The highest BCUT2D eigenvalue weighted by molar-refractivity contribution is 6.32. The van der Waals surface area contributed by atoms with E-state index in [2.05, 4.69) is 20.0 Å². The van der Waals surface area contributed by atoms with Gasteiger partial charge in [-0.05, 0) is 29.8 Å². The number of rotatable bonds is 7. The molecule has 172 valence electrons. The molecule has 4 rings (SSSR count). The van der Waals surface area contributed by atoms with E-state index >= 15 is 0 Å². The monoisotopic (exact) mass is 480 g/mol. The zero-order valence-corrected chi connectivity index (χ0v) is 17.7.